The highest BCUT2D eigenvalue weighted by molar-refractivity contribution is 5.75. The molecule has 3 N–H and O–H groups in total. The van der Waals surface area contributed by atoms with Crippen molar-refractivity contribution in [2.75, 3.05) is 6.54 Å². The molecule has 0 radical (unpaired) electrons. The number of H-pyrrole nitrogens is 1. The molecule has 0 aliphatic carbocycles. The van der Waals surface area contributed by atoms with Crippen LogP contribution in [0.15, 0.2) is 24.5 Å². The number of nitrogens with two attached hydrogens (primary N) is 1. The topological polar surface area (TPSA) is 54.7 Å². The van der Waals surface area contributed by atoms with Crippen LogP contribution in [0.5, 0.6) is 0 Å². The van der Waals surface area contributed by atoms with Gasteiger partial charge in [0, 0.05) is 0 Å². The molecule has 80 valence electrons. The smallest absolute Gasteiger partial charge is 0.0931 e. The van der Waals surface area contributed by atoms with Gasteiger partial charge in [-0.3, -0.25) is 0 Å². The normalized spacial score (nSPS) is 12.2. The van der Waals surface area contributed by atoms with Crippen LogP contribution >= 0.6 is 0 Å². The summed E-state index contributed by atoms with van der Waals surface area (Å²) in [4.78, 5) is 7.32. The van der Waals surface area contributed by atoms with Crippen LogP contribution in [0.2, 0.25) is 0 Å². The van der Waals surface area contributed by atoms with E-state index in [4.69, 9.17) is 5.73 Å². The first-order valence-corrected chi connectivity index (χ1v) is 5.23. The van der Waals surface area contributed by atoms with Gasteiger partial charge >= 0.3 is 0 Å². The third-order valence-electron chi connectivity index (χ3n) is 2.72. The van der Waals surface area contributed by atoms with Gasteiger partial charge in [0.25, 0.3) is 0 Å². The standard InChI is InChI=1S/C12H17N3/c1-12(2,7-13)6-9-3-4-10-11(5-9)15-8-14-10/h3-5,8H,6-7,13H2,1-2H3,(H,14,15). The van der Waals surface area contributed by atoms with Gasteiger partial charge in [-0.15, -0.1) is 0 Å². The SMILES string of the molecule is CC(C)(CN)Cc1ccc2nc[nH]c2c1. The Morgan fingerprint density at radius 1 is 1.40 bits per heavy atom. The predicted molar refractivity (Wildman–Crippen MR) is 62.6 cm³/mol. The van der Waals surface area contributed by atoms with E-state index in [-0.39, 0.29) is 5.41 Å². The zero-order chi connectivity index (χ0) is 10.9. The van der Waals surface area contributed by atoms with Crippen molar-refractivity contribution >= 4 is 11.0 Å². The van der Waals surface area contributed by atoms with E-state index in [9.17, 15) is 0 Å². The van der Waals surface area contributed by atoms with E-state index < -0.39 is 0 Å². The lowest BCUT2D eigenvalue weighted by Gasteiger charge is -2.22. The maximum Gasteiger partial charge on any atom is 0.0931 e. The van der Waals surface area contributed by atoms with Crippen molar-refractivity contribution < 1.29 is 0 Å². The number of aromatic amines is 1. The number of hydrogen-bond donors (Lipinski definition) is 2. The lowest BCUT2D eigenvalue weighted by Crippen LogP contribution is -2.25. The molecule has 0 aliphatic rings. The number of nitrogens with zero attached hydrogens (tertiary/aromatic N) is 1. The molecule has 0 amide bonds. The molecule has 1 aromatic heterocycles. The van der Waals surface area contributed by atoms with Gasteiger partial charge in [-0.2, -0.15) is 0 Å². The van der Waals surface area contributed by atoms with Gasteiger partial charge in [0.2, 0.25) is 0 Å². The first-order chi connectivity index (χ1) is 7.11. The minimum absolute atomic E-state index is 0.160. The molecule has 0 spiro atoms. The number of nitrogens with one attached hydrogen (secondary N) is 1. The second-order valence-electron chi connectivity index (χ2n) is 4.80. The summed E-state index contributed by atoms with van der Waals surface area (Å²) in [6, 6.07) is 6.33. The molecular formula is C12H17N3. The van der Waals surface area contributed by atoms with Crippen LogP contribution in [-0.4, -0.2) is 16.5 Å². The van der Waals surface area contributed by atoms with Crippen molar-refractivity contribution in [3.05, 3.63) is 30.1 Å². The Hall–Kier alpha value is -1.35. The van der Waals surface area contributed by atoms with Gasteiger partial charge in [-0.1, -0.05) is 19.9 Å². The van der Waals surface area contributed by atoms with Crippen molar-refractivity contribution in [1.82, 2.24) is 9.97 Å². The average Bonchev–Trinajstić information content (AvgIpc) is 2.64. The van der Waals surface area contributed by atoms with Crippen LogP contribution in [0.3, 0.4) is 0 Å². The Bertz CT molecular complexity index is 457. The minimum Gasteiger partial charge on any atom is -0.345 e. The summed E-state index contributed by atoms with van der Waals surface area (Å²) in [7, 11) is 0. The lowest BCUT2D eigenvalue weighted by atomic mass is 9.86. The van der Waals surface area contributed by atoms with E-state index in [1.165, 1.54) is 5.56 Å². The highest BCUT2D eigenvalue weighted by Crippen LogP contribution is 2.22. The molecule has 0 saturated carbocycles. The molecule has 1 heterocycles. The lowest BCUT2D eigenvalue weighted by molar-refractivity contribution is 0.377. The number of fused-ring (bicyclic) bond motifs is 1. The number of aromatic nitrogens is 2. The monoisotopic (exact) mass is 203 g/mol. The predicted octanol–water partition coefficient (Wildman–Crippen LogP) is 2.09. The Morgan fingerprint density at radius 2 is 2.20 bits per heavy atom. The fourth-order valence-electron chi connectivity index (χ4n) is 1.72. The van der Waals surface area contributed by atoms with Gasteiger partial charge in [-0.05, 0) is 36.1 Å². The van der Waals surface area contributed by atoms with E-state index in [0.29, 0.717) is 6.54 Å². The Morgan fingerprint density at radius 3 is 2.93 bits per heavy atom. The summed E-state index contributed by atoms with van der Waals surface area (Å²) < 4.78 is 0. The van der Waals surface area contributed by atoms with Crippen molar-refractivity contribution in [3.8, 4) is 0 Å². The van der Waals surface area contributed by atoms with E-state index in [0.717, 1.165) is 17.5 Å². The van der Waals surface area contributed by atoms with E-state index in [1.807, 2.05) is 6.07 Å². The van der Waals surface area contributed by atoms with E-state index in [2.05, 4.69) is 35.9 Å². The molecule has 0 unspecified atom stereocenters. The molecule has 3 nitrogen and oxygen atoms in total. The van der Waals surface area contributed by atoms with Crippen LogP contribution in [0.25, 0.3) is 11.0 Å². The van der Waals surface area contributed by atoms with E-state index >= 15 is 0 Å². The number of benzene rings is 1. The van der Waals surface area contributed by atoms with E-state index in [1.54, 1.807) is 6.33 Å². The van der Waals surface area contributed by atoms with Gasteiger partial charge in [0.15, 0.2) is 0 Å². The molecule has 15 heavy (non-hydrogen) atoms. The van der Waals surface area contributed by atoms with Crippen molar-refractivity contribution in [2.24, 2.45) is 11.1 Å². The van der Waals surface area contributed by atoms with Crippen LogP contribution < -0.4 is 5.73 Å². The fraction of sp³-hybridized carbons (Fsp3) is 0.417. The Balaban J connectivity index is 2.28. The molecule has 0 fully saturated rings. The molecule has 2 rings (SSSR count). The highest BCUT2D eigenvalue weighted by Gasteiger charge is 2.16. The zero-order valence-corrected chi connectivity index (χ0v) is 9.25. The molecule has 0 atom stereocenters. The maximum absolute atomic E-state index is 5.73. The molecule has 3 heteroatoms. The summed E-state index contributed by atoms with van der Waals surface area (Å²) >= 11 is 0. The fourth-order valence-corrected chi connectivity index (χ4v) is 1.72. The highest BCUT2D eigenvalue weighted by atomic mass is 14.9. The molecular weight excluding hydrogens is 186 g/mol. The first kappa shape index (κ1) is 10.2. The summed E-state index contributed by atoms with van der Waals surface area (Å²) in [5.41, 5.74) is 9.31. The summed E-state index contributed by atoms with van der Waals surface area (Å²) in [6.45, 7) is 5.07. The summed E-state index contributed by atoms with van der Waals surface area (Å²) in [5, 5.41) is 0. The van der Waals surface area contributed by atoms with Crippen LogP contribution in [0.1, 0.15) is 19.4 Å². The quantitative estimate of drug-likeness (QED) is 0.802. The molecule has 2 aromatic rings. The second kappa shape index (κ2) is 3.66. The van der Waals surface area contributed by atoms with Gasteiger partial charge in [-0.25, -0.2) is 4.98 Å². The number of imidazole rings is 1. The van der Waals surface area contributed by atoms with Crippen LogP contribution in [-0.2, 0) is 6.42 Å². The van der Waals surface area contributed by atoms with Crippen molar-refractivity contribution in [3.63, 3.8) is 0 Å². The average molecular weight is 203 g/mol. The van der Waals surface area contributed by atoms with Gasteiger partial charge in [0.1, 0.15) is 0 Å². The van der Waals surface area contributed by atoms with Crippen molar-refractivity contribution in [1.29, 1.82) is 0 Å². The third kappa shape index (κ3) is 2.18. The van der Waals surface area contributed by atoms with Crippen LogP contribution in [0.4, 0.5) is 0 Å². The van der Waals surface area contributed by atoms with Crippen LogP contribution in [0, 0.1) is 5.41 Å². The summed E-state index contributed by atoms with van der Waals surface area (Å²) in [5.74, 6) is 0. The first-order valence-electron chi connectivity index (χ1n) is 5.23. The second-order valence-corrected chi connectivity index (χ2v) is 4.80. The molecule has 1 aromatic carbocycles. The molecule has 0 aliphatic heterocycles. The third-order valence-corrected chi connectivity index (χ3v) is 2.72. The number of rotatable bonds is 3. The maximum atomic E-state index is 5.73. The van der Waals surface area contributed by atoms with Gasteiger partial charge < -0.3 is 10.7 Å². The largest absolute Gasteiger partial charge is 0.345 e. The minimum atomic E-state index is 0.160. The molecule has 0 saturated heterocycles. The summed E-state index contributed by atoms with van der Waals surface area (Å²) in [6.07, 6.45) is 2.72. The van der Waals surface area contributed by atoms with Gasteiger partial charge in [0.05, 0.1) is 17.4 Å². The Labute approximate surface area is 89.7 Å². The Kier molecular flexibility index (Phi) is 2.49. The number of hydrogen-bond acceptors (Lipinski definition) is 2. The molecule has 0 bridgehead atoms. The zero-order valence-electron chi connectivity index (χ0n) is 9.25. The van der Waals surface area contributed by atoms with Crippen molar-refractivity contribution in [2.45, 2.75) is 20.3 Å².